The molecule has 0 aromatic heterocycles. The van der Waals surface area contributed by atoms with Crippen LogP contribution in [0.15, 0.2) is 47.4 Å². The Kier molecular flexibility index (Phi) is 4.61. The second-order valence-electron chi connectivity index (χ2n) is 4.11. The molecule has 0 N–H and O–H groups in total. The van der Waals surface area contributed by atoms with Gasteiger partial charge in [0, 0.05) is 21.2 Å². The minimum atomic E-state index is -0.294. The van der Waals surface area contributed by atoms with Crippen molar-refractivity contribution in [2.24, 2.45) is 0 Å². The molecule has 0 aliphatic rings. The molecule has 2 aromatic carbocycles. The van der Waals surface area contributed by atoms with Crippen molar-refractivity contribution in [1.82, 2.24) is 0 Å². The van der Waals surface area contributed by atoms with Crippen LogP contribution in [0, 0.1) is 5.82 Å². The van der Waals surface area contributed by atoms with Crippen LogP contribution in [-0.4, -0.2) is 5.78 Å². The van der Waals surface area contributed by atoms with Crippen molar-refractivity contribution in [2.45, 2.75) is 17.6 Å². The van der Waals surface area contributed by atoms with Gasteiger partial charge in [-0.25, -0.2) is 4.39 Å². The Labute approximate surface area is 120 Å². The first kappa shape index (κ1) is 14.1. The van der Waals surface area contributed by atoms with E-state index in [1.54, 1.807) is 12.1 Å². The first-order chi connectivity index (χ1) is 9.06. The van der Waals surface area contributed by atoms with Gasteiger partial charge in [-0.3, -0.25) is 4.79 Å². The number of thioether (sulfide) groups is 1. The maximum Gasteiger partial charge on any atom is 0.159 e. The number of hydrogen-bond acceptors (Lipinski definition) is 2. The number of carbonyl (C=O) groups excluding carboxylic acids is 1. The average Bonchev–Trinajstić information content (AvgIpc) is 2.40. The second-order valence-corrected chi connectivity index (χ2v) is 5.56. The second kappa shape index (κ2) is 6.22. The maximum absolute atomic E-state index is 13.1. The Bertz CT molecular complexity index is 613. The molecule has 0 spiro atoms. The smallest absolute Gasteiger partial charge is 0.159 e. The third-order valence-electron chi connectivity index (χ3n) is 2.64. The molecule has 0 radical (unpaired) electrons. The quantitative estimate of drug-likeness (QED) is 0.585. The number of benzene rings is 2. The van der Waals surface area contributed by atoms with Gasteiger partial charge in [0.2, 0.25) is 0 Å². The molecule has 19 heavy (non-hydrogen) atoms. The largest absolute Gasteiger partial charge is 0.295 e. The van der Waals surface area contributed by atoms with Gasteiger partial charge in [-0.05, 0) is 42.8 Å². The molecule has 0 bridgehead atoms. The van der Waals surface area contributed by atoms with Crippen LogP contribution in [0.2, 0.25) is 5.02 Å². The monoisotopic (exact) mass is 294 g/mol. The number of Topliss-reactive ketones (excluding diaryl/α,β-unsaturated/α-hetero) is 1. The molecule has 0 unspecified atom stereocenters. The highest BCUT2D eigenvalue weighted by atomic mass is 35.5. The molecule has 0 aliphatic heterocycles. The zero-order valence-electron chi connectivity index (χ0n) is 10.3. The minimum Gasteiger partial charge on any atom is -0.295 e. The first-order valence-corrected chi connectivity index (χ1v) is 7.10. The number of hydrogen-bond donors (Lipinski definition) is 0. The molecule has 0 heterocycles. The van der Waals surface area contributed by atoms with Crippen LogP contribution in [0.5, 0.6) is 0 Å². The van der Waals surface area contributed by atoms with Gasteiger partial charge in [-0.2, -0.15) is 0 Å². The number of carbonyl (C=O) groups is 1. The predicted octanol–water partition coefficient (Wildman–Crippen LogP) is 4.97. The van der Waals surface area contributed by atoms with E-state index >= 15 is 0 Å². The highest BCUT2D eigenvalue weighted by molar-refractivity contribution is 7.98. The van der Waals surface area contributed by atoms with Gasteiger partial charge >= 0.3 is 0 Å². The van der Waals surface area contributed by atoms with E-state index < -0.39 is 0 Å². The Morgan fingerprint density at radius 2 is 2.05 bits per heavy atom. The fraction of sp³-hybridized carbons (Fsp3) is 0.133. The summed E-state index contributed by atoms with van der Waals surface area (Å²) in [5, 5.41) is 0.552. The van der Waals surface area contributed by atoms with Gasteiger partial charge in [0.05, 0.1) is 0 Å². The summed E-state index contributed by atoms with van der Waals surface area (Å²) < 4.78 is 13.1. The minimum absolute atomic E-state index is 0.0336. The van der Waals surface area contributed by atoms with Crippen molar-refractivity contribution < 1.29 is 9.18 Å². The summed E-state index contributed by atoms with van der Waals surface area (Å²) in [7, 11) is 0. The Hall–Kier alpha value is -1.32. The van der Waals surface area contributed by atoms with Crippen LogP contribution in [-0.2, 0) is 5.75 Å². The van der Waals surface area contributed by atoms with Gasteiger partial charge in [0.1, 0.15) is 5.82 Å². The maximum atomic E-state index is 13.1. The molecule has 98 valence electrons. The molecule has 0 aliphatic carbocycles. The van der Waals surface area contributed by atoms with Gasteiger partial charge in [-0.1, -0.05) is 23.7 Å². The Morgan fingerprint density at radius 3 is 2.79 bits per heavy atom. The summed E-state index contributed by atoms with van der Waals surface area (Å²) in [6.45, 7) is 1.53. The van der Waals surface area contributed by atoms with Gasteiger partial charge in [0.15, 0.2) is 5.78 Å². The van der Waals surface area contributed by atoms with Crippen LogP contribution in [0.3, 0.4) is 0 Å². The lowest BCUT2D eigenvalue weighted by molar-refractivity contribution is 0.101. The lowest BCUT2D eigenvalue weighted by Gasteiger charge is -2.05. The van der Waals surface area contributed by atoms with E-state index in [-0.39, 0.29) is 11.6 Å². The van der Waals surface area contributed by atoms with Crippen molar-refractivity contribution in [3.8, 4) is 0 Å². The van der Waals surface area contributed by atoms with Crippen molar-refractivity contribution in [2.75, 3.05) is 0 Å². The van der Waals surface area contributed by atoms with Crippen molar-refractivity contribution in [3.05, 3.63) is 64.4 Å². The van der Waals surface area contributed by atoms with Crippen molar-refractivity contribution in [1.29, 1.82) is 0 Å². The molecule has 0 fully saturated rings. The fourth-order valence-electron chi connectivity index (χ4n) is 1.62. The van der Waals surface area contributed by atoms with Crippen LogP contribution in [0.4, 0.5) is 4.39 Å². The molecule has 4 heteroatoms. The van der Waals surface area contributed by atoms with Crippen molar-refractivity contribution >= 4 is 29.1 Å². The van der Waals surface area contributed by atoms with E-state index in [0.717, 1.165) is 10.5 Å². The average molecular weight is 295 g/mol. The van der Waals surface area contributed by atoms with E-state index in [1.165, 1.54) is 30.8 Å². The number of rotatable bonds is 4. The zero-order chi connectivity index (χ0) is 13.8. The SMILES string of the molecule is CC(=O)c1cccc(SCc2cc(F)ccc2Cl)c1. The lowest BCUT2D eigenvalue weighted by atomic mass is 10.2. The van der Waals surface area contributed by atoms with Crippen LogP contribution >= 0.6 is 23.4 Å². The molecule has 2 aromatic rings. The highest BCUT2D eigenvalue weighted by Crippen LogP contribution is 2.27. The summed E-state index contributed by atoms with van der Waals surface area (Å²) in [5.74, 6) is 0.307. The summed E-state index contributed by atoms with van der Waals surface area (Å²) in [5.41, 5.74) is 1.43. The van der Waals surface area contributed by atoms with E-state index in [4.69, 9.17) is 11.6 Å². The van der Waals surface area contributed by atoms with Gasteiger partial charge in [0.25, 0.3) is 0 Å². The van der Waals surface area contributed by atoms with Crippen LogP contribution in [0.1, 0.15) is 22.8 Å². The van der Waals surface area contributed by atoms with Crippen LogP contribution < -0.4 is 0 Å². The van der Waals surface area contributed by atoms with E-state index in [2.05, 4.69) is 0 Å². The van der Waals surface area contributed by atoms with Gasteiger partial charge in [-0.15, -0.1) is 11.8 Å². The Morgan fingerprint density at radius 1 is 1.26 bits per heavy atom. The molecule has 0 amide bonds. The zero-order valence-corrected chi connectivity index (χ0v) is 11.9. The molecule has 2 rings (SSSR count). The molecule has 1 nitrogen and oxygen atoms in total. The fourth-order valence-corrected chi connectivity index (χ4v) is 2.83. The first-order valence-electron chi connectivity index (χ1n) is 5.74. The number of ketones is 1. The third kappa shape index (κ3) is 3.82. The third-order valence-corrected chi connectivity index (χ3v) is 4.05. The summed E-state index contributed by atoms with van der Waals surface area (Å²) in [6, 6.07) is 11.7. The molecule has 0 saturated heterocycles. The number of halogens is 2. The van der Waals surface area contributed by atoms with Crippen molar-refractivity contribution in [3.63, 3.8) is 0 Å². The molecular formula is C15H12ClFOS. The molecular weight excluding hydrogens is 283 g/mol. The topological polar surface area (TPSA) is 17.1 Å². The lowest BCUT2D eigenvalue weighted by Crippen LogP contribution is -1.91. The van der Waals surface area contributed by atoms with E-state index in [1.807, 2.05) is 18.2 Å². The highest BCUT2D eigenvalue weighted by Gasteiger charge is 2.05. The predicted molar refractivity (Wildman–Crippen MR) is 77.4 cm³/mol. The van der Waals surface area contributed by atoms with Crippen LogP contribution in [0.25, 0.3) is 0 Å². The van der Waals surface area contributed by atoms with Gasteiger partial charge < -0.3 is 0 Å². The van der Waals surface area contributed by atoms with E-state index in [0.29, 0.717) is 16.3 Å². The van der Waals surface area contributed by atoms with E-state index in [9.17, 15) is 9.18 Å². The molecule has 0 saturated carbocycles. The normalized spacial score (nSPS) is 10.5. The summed E-state index contributed by atoms with van der Waals surface area (Å²) >= 11 is 7.53. The molecule has 0 atom stereocenters. The summed E-state index contributed by atoms with van der Waals surface area (Å²) in [4.78, 5) is 12.3. The standard InChI is InChI=1S/C15H12ClFOS/c1-10(18)11-3-2-4-14(8-11)19-9-12-7-13(17)5-6-15(12)16/h2-8H,9H2,1H3. The Balaban J connectivity index is 2.12. The summed E-state index contributed by atoms with van der Waals surface area (Å²) in [6.07, 6.45) is 0.